The van der Waals surface area contributed by atoms with E-state index in [1.54, 1.807) is 12.1 Å². The first kappa shape index (κ1) is 13.5. The predicted molar refractivity (Wildman–Crippen MR) is 68.6 cm³/mol. The molecule has 0 fully saturated rings. The SMILES string of the molecule is COc1ccc(-c2[c]c(S(N)(=O)=O)ccc2)cc1F. The van der Waals surface area contributed by atoms with Gasteiger partial charge in [0.1, 0.15) is 0 Å². The molecule has 0 saturated heterocycles. The van der Waals surface area contributed by atoms with Crippen LogP contribution in [-0.2, 0) is 10.0 Å². The average molecular weight is 280 g/mol. The van der Waals surface area contributed by atoms with Gasteiger partial charge in [-0.15, -0.1) is 0 Å². The van der Waals surface area contributed by atoms with Crippen LogP contribution in [0, 0.1) is 11.9 Å². The summed E-state index contributed by atoms with van der Waals surface area (Å²) >= 11 is 0. The zero-order valence-corrected chi connectivity index (χ0v) is 10.9. The molecule has 4 nitrogen and oxygen atoms in total. The molecule has 2 aromatic carbocycles. The lowest BCUT2D eigenvalue weighted by Crippen LogP contribution is -2.12. The third kappa shape index (κ3) is 2.91. The lowest BCUT2D eigenvalue weighted by atomic mass is 10.1. The van der Waals surface area contributed by atoms with Crippen LogP contribution in [0.25, 0.3) is 11.1 Å². The molecule has 0 aliphatic carbocycles. The molecule has 2 rings (SSSR count). The number of halogens is 1. The molecule has 0 atom stereocenters. The van der Waals surface area contributed by atoms with Crippen LogP contribution in [0.2, 0.25) is 0 Å². The van der Waals surface area contributed by atoms with Gasteiger partial charge in [-0.3, -0.25) is 0 Å². The molecule has 0 saturated carbocycles. The van der Waals surface area contributed by atoms with E-state index in [0.717, 1.165) is 0 Å². The second-order valence-electron chi connectivity index (χ2n) is 3.82. The largest absolute Gasteiger partial charge is 0.494 e. The van der Waals surface area contributed by atoms with Gasteiger partial charge in [0.25, 0.3) is 0 Å². The number of methoxy groups -OCH3 is 1. The molecular formula is C13H11FNO3S. The zero-order valence-electron chi connectivity index (χ0n) is 10.1. The molecule has 0 heterocycles. The Morgan fingerprint density at radius 1 is 1.26 bits per heavy atom. The van der Waals surface area contributed by atoms with Gasteiger partial charge in [0.2, 0.25) is 10.0 Å². The highest BCUT2D eigenvalue weighted by atomic mass is 32.2. The van der Waals surface area contributed by atoms with E-state index in [2.05, 4.69) is 6.07 Å². The number of ether oxygens (including phenoxy) is 1. The van der Waals surface area contributed by atoms with E-state index in [-0.39, 0.29) is 10.6 Å². The summed E-state index contributed by atoms with van der Waals surface area (Å²) < 4.78 is 40.9. The summed E-state index contributed by atoms with van der Waals surface area (Å²) in [6, 6.07) is 11.4. The van der Waals surface area contributed by atoms with E-state index in [0.29, 0.717) is 11.1 Å². The van der Waals surface area contributed by atoms with Gasteiger partial charge < -0.3 is 4.74 Å². The first-order valence-electron chi connectivity index (χ1n) is 5.31. The standard InChI is InChI=1S/C13H11FNO3S/c1-18-13-6-5-10(8-12(13)14)9-3-2-4-11(7-9)19(15,16)17/h2-6,8H,1H3,(H2,15,16,17). The summed E-state index contributed by atoms with van der Waals surface area (Å²) in [7, 11) is -2.46. The van der Waals surface area contributed by atoms with Crippen LogP contribution in [0.1, 0.15) is 0 Å². The average Bonchev–Trinajstić information content (AvgIpc) is 2.38. The van der Waals surface area contributed by atoms with Crippen LogP contribution < -0.4 is 9.88 Å². The maximum absolute atomic E-state index is 13.6. The number of nitrogens with two attached hydrogens (primary N) is 1. The quantitative estimate of drug-likeness (QED) is 0.934. The van der Waals surface area contributed by atoms with Crippen molar-refractivity contribution in [1.29, 1.82) is 0 Å². The van der Waals surface area contributed by atoms with Crippen LogP contribution in [0.4, 0.5) is 4.39 Å². The molecule has 99 valence electrons. The number of hydrogen-bond donors (Lipinski definition) is 1. The first-order valence-corrected chi connectivity index (χ1v) is 6.85. The summed E-state index contributed by atoms with van der Waals surface area (Å²) in [6.07, 6.45) is 0. The summed E-state index contributed by atoms with van der Waals surface area (Å²) in [4.78, 5) is -0.138. The van der Waals surface area contributed by atoms with Crippen molar-refractivity contribution >= 4 is 10.0 Å². The predicted octanol–water partition coefficient (Wildman–Crippen LogP) is 1.95. The van der Waals surface area contributed by atoms with Crippen molar-refractivity contribution < 1.29 is 17.5 Å². The topological polar surface area (TPSA) is 69.4 Å². The van der Waals surface area contributed by atoms with Gasteiger partial charge in [0, 0.05) is 6.07 Å². The minimum atomic E-state index is -3.83. The Morgan fingerprint density at radius 3 is 2.58 bits per heavy atom. The van der Waals surface area contributed by atoms with E-state index < -0.39 is 15.8 Å². The maximum Gasteiger partial charge on any atom is 0.238 e. The van der Waals surface area contributed by atoms with Crippen molar-refractivity contribution in [2.75, 3.05) is 7.11 Å². The molecule has 0 bridgehead atoms. The molecule has 0 aliphatic heterocycles. The van der Waals surface area contributed by atoms with Crippen molar-refractivity contribution in [3.63, 3.8) is 0 Å². The third-order valence-corrected chi connectivity index (χ3v) is 3.39. The second kappa shape index (κ2) is 4.99. The summed E-state index contributed by atoms with van der Waals surface area (Å²) in [6.45, 7) is 0. The van der Waals surface area contributed by atoms with Crippen LogP contribution in [-0.4, -0.2) is 15.5 Å². The number of hydrogen-bond acceptors (Lipinski definition) is 3. The van der Waals surface area contributed by atoms with E-state index >= 15 is 0 Å². The molecule has 0 aromatic heterocycles. The molecular weight excluding hydrogens is 269 g/mol. The minimum Gasteiger partial charge on any atom is -0.494 e. The molecule has 19 heavy (non-hydrogen) atoms. The molecule has 2 N–H and O–H groups in total. The molecule has 1 radical (unpaired) electrons. The normalized spacial score (nSPS) is 11.3. The fraction of sp³-hybridized carbons (Fsp3) is 0.0769. The molecule has 2 aromatic rings. The fourth-order valence-electron chi connectivity index (χ4n) is 1.62. The number of sulfonamides is 1. The lowest BCUT2D eigenvalue weighted by Gasteiger charge is -2.06. The van der Waals surface area contributed by atoms with Gasteiger partial charge in [-0.25, -0.2) is 17.9 Å². The van der Waals surface area contributed by atoms with E-state index in [9.17, 15) is 12.8 Å². The Hall–Kier alpha value is -1.92. The van der Waals surface area contributed by atoms with Crippen molar-refractivity contribution in [1.82, 2.24) is 0 Å². The van der Waals surface area contributed by atoms with Crippen molar-refractivity contribution in [2.24, 2.45) is 5.14 Å². The van der Waals surface area contributed by atoms with E-state index in [4.69, 9.17) is 9.88 Å². The van der Waals surface area contributed by atoms with Crippen molar-refractivity contribution in [2.45, 2.75) is 4.90 Å². The van der Waals surface area contributed by atoms with Crippen LogP contribution in [0.15, 0.2) is 41.3 Å². The van der Waals surface area contributed by atoms with E-state index in [1.807, 2.05) is 0 Å². The Labute approximate surface area is 110 Å². The summed E-state index contributed by atoms with van der Waals surface area (Å²) in [5.41, 5.74) is 0.928. The fourth-order valence-corrected chi connectivity index (χ4v) is 2.14. The molecule has 6 heteroatoms. The number of benzene rings is 2. The van der Waals surface area contributed by atoms with Gasteiger partial charge in [0.15, 0.2) is 11.6 Å². The Balaban J connectivity index is 2.51. The van der Waals surface area contributed by atoms with Crippen molar-refractivity contribution in [3.05, 3.63) is 48.3 Å². The van der Waals surface area contributed by atoms with Crippen LogP contribution in [0.5, 0.6) is 5.75 Å². The Kier molecular flexibility index (Phi) is 3.55. The van der Waals surface area contributed by atoms with E-state index in [1.165, 1.54) is 31.4 Å². The minimum absolute atomic E-state index is 0.117. The zero-order chi connectivity index (χ0) is 14.0. The monoisotopic (exact) mass is 280 g/mol. The lowest BCUT2D eigenvalue weighted by molar-refractivity contribution is 0.386. The third-order valence-electron chi connectivity index (χ3n) is 2.54. The molecule has 0 spiro atoms. The summed E-state index contributed by atoms with van der Waals surface area (Å²) in [5, 5.41) is 5.03. The van der Waals surface area contributed by atoms with Crippen molar-refractivity contribution in [3.8, 4) is 16.9 Å². The highest BCUT2D eigenvalue weighted by molar-refractivity contribution is 7.89. The maximum atomic E-state index is 13.6. The number of primary sulfonamides is 1. The Morgan fingerprint density at radius 2 is 2.00 bits per heavy atom. The first-order chi connectivity index (χ1) is 8.91. The van der Waals surface area contributed by atoms with Gasteiger partial charge >= 0.3 is 0 Å². The number of rotatable bonds is 3. The highest BCUT2D eigenvalue weighted by Gasteiger charge is 2.11. The van der Waals surface area contributed by atoms with Gasteiger partial charge in [-0.2, -0.15) is 0 Å². The molecule has 0 aliphatic rings. The summed E-state index contributed by atoms with van der Waals surface area (Å²) in [5.74, 6) is -0.416. The molecule has 0 unspecified atom stereocenters. The van der Waals surface area contributed by atoms with Gasteiger partial charge in [-0.1, -0.05) is 18.2 Å². The highest BCUT2D eigenvalue weighted by Crippen LogP contribution is 2.26. The second-order valence-corrected chi connectivity index (χ2v) is 5.35. The van der Waals surface area contributed by atoms with Crippen LogP contribution >= 0.6 is 0 Å². The van der Waals surface area contributed by atoms with Gasteiger partial charge in [-0.05, 0) is 29.3 Å². The Bertz CT molecular complexity index is 714. The van der Waals surface area contributed by atoms with Gasteiger partial charge in [0.05, 0.1) is 12.0 Å². The smallest absolute Gasteiger partial charge is 0.238 e. The molecule has 0 amide bonds. The van der Waals surface area contributed by atoms with Crippen LogP contribution in [0.3, 0.4) is 0 Å².